The van der Waals surface area contributed by atoms with Crippen molar-refractivity contribution in [2.75, 3.05) is 50.5 Å². The molecular formula is C16H26N2OS. The topological polar surface area (TPSA) is 15.7 Å². The summed E-state index contributed by atoms with van der Waals surface area (Å²) >= 11 is 1.91. The Kier molecular flexibility index (Phi) is 6.20. The van der Waals surface area contributed by atoms with Gasteiger partial charge in [0.1, 0.15) is 0 Å². The standard InChI is InChI=1S/C16H26N2OS/c1-14(2)15-5-4-6-16(13-15)17-7-9-18(10-8-17)20-12-11-19-3/h4-6,13-14H,7-12H2,1-3H3. The number of nitrogens with zero attached hydrogens (tertiary/aromatic N) is 2. The van der Waals surface area contributed by atoms with E-state index in [1.807, 2.05) is 11.9 Å². The summed E-state index contributed by atoms with van der Waals surface area (Å²) in [5.41, 5.74) is 2.80. The van der Waals surface area contributed by atoms with Gasteiger partial charge < -0.3 is 9.64 Å². The number of piperazine rings is 1. The summed E-state index contributed by atoms with van der Waals surface area (Å²) in [7, 11) is 1.76. The molecule has 0 aliphatic carbocycles. The summed E-state index contributed by atoms with van der Waals surface area (Å²) in [4.78, 5) is 2.50. The molecule has 0 bridgehead atoms. The lowest BCUT2D eigenvalue weighted by atomic mass is 10.0. The highest BCUT2D eigenvalue weighted by Gasteiger charge is 2.17. The summed E-state index contributed by atoms with van der Waals surface area (Å²) in [5.74, 6) is 1.65. The third kappa shape index (κ3) is 4.40. The van der Waals surface area contributed by atoms with E-state index in [1.54, 1.807) is 7.11 Å². The normalized spacial score (nSPS) is 16.9. The number of hydrogen-bond acceptors (Lipinski definition) is 4. The lowest BCUT2D eigenvalue weighted by Gasteiger charge is -2.35. The van der Waals surface area contributed by atoms with Crippen molar-refractivity contribution in [3.8, 4) is 0 Å². The van der Waals surface area contributed by atoms with Gasteiger partial charge in [0.05, 0.1) is 6.61 Å². The number of anilines is 1. The van der Waals surface area contributed by atoms with Crippen molar-refractivity contribution in [2.24, 2.45) is 0 Å². The van der Waals surface area contributed by atoms with E-state index in [0.717, 1.165) is 38.5 Å². The lowest BCUT2D eigenvalue weighted by Crippen LogP contribution is -2.43. The van der Waals surface area contributed by atoms with Crippen molar-refractivity contribution in [2.45, 2.75) is 19.8 Å². The van der Waals surface area contributed by atoms with Gasteiger partial charge in [0, 0.05) is 44.7 Å². The summed E-state index contributed by atoms with van der Waals surface area (Å²) < 4.78 is 7.56. The van der Waals surface area contributed by atoms with Gasteiger partial charge in [-0.1, -0.05) is 37.9 Å². The molecule has 1 saturated heterocycles. The maximum atomic E-state index is 5.10. The van der Waals surface area contributed by atoms with E-state index < -0.39 is 0 Å². The lowest BCUT2D eigenvalue weighted by molar-refractivity contribution is 0.218. The minimum atomic E-state index is 0.598. The molecule has 20 heavy (non-hydrogen) atoms. The second kappa shape index (κ2) is 7.91. The van der Waals surface area contributed by atoms with Crippen LogP contribution >= 0.6 is 11.9 Å². The van der Waals surface area contributed by atoms with Crippen molar-refractivity contribution < 1.29 is 4.74 Å². The Labute approximate surface area is 127 Å². The smallest absolute Gasteiger partial charge is 0.0565 e. The predicted octanol–water partition coefficient (Wildman–Crippen LogP) is 3.23. The van der Waals surface area contributed by atoms with Crippen molar-refractivity contribution in [3.05, 3.63) is 29.8 Å². The quantitative estimate of drug-likeness (QED) is 0.591. The Balaban J connectivity index is 1.85. The molecule has 3 nitrogen and oxygen atoms in total. The van der Waals surface area contributed by atoms with Gasteiger partial charge in [-0.15, -0.1) is 0 Å². The zero-order valence-corrected chi connectivity index (χ0v) is 13.7. The van der Waals surface area contributed by atoms with Crippen LogP contribution in [0.4, 0.5) is 5.69 Å². The summed E-state index contributed by atoms with van der Waals surface area (Å²) in [6.07, 6.45) is 0. The summed E-state index contributed by atoms with van der Waals surface area (Å²) in [5, 5.41) is 0. The van der Waals surface area contributed by atoms with Crippen molar-refractivity contribution in [1.29, 1.82) is 0 Å². The van der Waals surface area contributed by atoms with Gasteiger partial charge in [0.15, 0.2) is 0 Å². The minimum absolute atomic E-state index is 0.598. The number of ether oxygens (including phenoxy) is 1. The first-order valence-corrected chi connectivity index (χ1v) is 8.36. The highest BCUT2D eigenvalue weighted by molar-refractivity contribution is 7.97. The van der Waals surface area contributed by atoms with Crippen LogP contribution in [-0.2, 0) is 4.74 Å². The SMILES string of the molecule is COCCSN1CCN(c2cccc(C(C)C)c2)CC1. The molecule has 1 aliphatic rings. The van der Waals surface area contributed by atoms with Gasteiger partial charge in [0.2, 0.25) is 0 Å². The molecule has 1 heterocycles. The zero-order valence-electron chi connectivity index (χ0n) is 12.8. The fourth-order valence-corrected chi connectivity index (χ4v) is 3.33. The van der Waals surface area contributed by atoms with Crippen LogP contribution in [-0.4, -0.2) is 50.0 Å². The van der Waals surface area contributed by atoms with E-state index in [4.69, 9.17) is 4.74 Å². The molecule has 0 atom stereocenters. The minimum Gasteiger partial charge on any atom is -0.384 e. The van der Waals surface area contributed by atoms with Crippen molar-refractivity contribution in [3.63, 3.8) is 0 Å². The summed E-state index contributed by atoms with van der Waals surface area (Å²) in [6.45, 7) is 9.82. The zero-order chi connectivity index (χ0) is 14.4. The van der Waals surface area contributed by atoms with Crippen LogP contribution < -0.4 is 4.90 Å². The second-order valence-corrected chi connectivity index (χ2v) is 6.67. The third-order valence-electron chi connectivity index (χ3n) is 3.70. The molecule has 1 aromatic carbocycles. The van der Waals surface area contributed by atoms with Crippen molar-refractivity contribution >= 4 is 17.6 Å². The Hall–Kier alpha value is -0.710. The average molecular weight is 294 g/mol. The van der Waals surface area contributed by atoms with Crippen LogP contribution in [0.25, 0.3) is 0 Å². The highest BCUT2D eigenvalue weighted by Crippen LogP contribution is 2.23. The molecule has 0 saturated carbocycles. The van der Waals surface area contributed by atoms with Crippen LogP contribution in [0.3, 0.4) is 0 Å². The van der Waals surface area contributed by atoms with Gasteiger partial charge >= 0.3 is 0 Å². The molecule has 0 aromatic heterocycles. The Morgan fingerprint density at radius 1 is 1.20 bits per heavy atom. The molecule has 0 radical (unpaired) electrons. The van der Waals surface area contributed by atoms with Gasteiger partial charge in [-0.2, -0.15) is 0 Å². The van der Waals surface area contributed by atoms with E-state index in [-0.39, 0.29) is 0 Å². The van der Waals surface area contributed by atoms with Gasteiger partial charge in [-0.3, -0.25) is 0 Å². The van der Waals surface area contributed by atoms with Crippen molar-refractivity contribution in [1.82, 2.24) is 4.31 Å². The Bertz CT molecular complexity index is 403. The first-order valence-electron chi connectivity index (χ1n) is 7.42. The molecule has 1 fully saturated rings. The van der Waals surface area contributed by atoms with E-state index >= 15 is 0 Å². The molecule has 112 valence electrons. The molecule has 0 N–H and O–H groups in total. The molecule has 1 aromatic rings. The Morgan fingerprint density at radius 2 is 1.95 bits per heavy atom. The van der Waals surface area contributed by atoms with Gasteiger partial charge in [-0.25, -0.2) is 4.31 Å². The van der Waals surface area contributed by atoms with E-state index in [9.17, 15) is 0 Å². The molecule has 0 spiro atoms. The molecule has 0 amide bonds. The van der Waals surface area contributed by atoms with Crippen LogP contribution in [0.1, 0.15) is 25.3 Å². The maximum Gasteiger partial charge on any atom is 0.0565 e. The summed E-state index contributed by atoms with van der Waals surface area (Å²) in [6, 6.07) is 8.99. The van der Waals surface area contributed by atoms with Crippen LogP contribution in [0, 0.1) is 0 Å². The molecule has 2 rings (SSSR count). The maximum absolute atomic E-state index is 5.10. The largest absolute Gasteiger partial charge is 0.384 e. The van der Waals surface area contributed by atoms with E-state index in [1.165, 1.54) is 11.3 Å². The Morgan fingerprint density at radius 3 is 2.60 bits per heavy atom. The molecule has 4 heteroatoms. The highest BCUT2D eigenvalue weighted by atomic mass is 32.2. The third-order valence-corrected chi connectivity index (χ3v) is 4.78. The second-order valence-electron chi connectivity index (χ2n) is 5.49. The van der Waals surface area contributed by atoms with Crippen LogP contribution in [0.2, 0.25) is 0 Å². The first kappa shape index (κ1) is 15.7. The number of benzene rings is 1. The van der Waals surface area contributed by atoms with E-state index in [2.05, 4.69) is 47.3 Å². The molecule has 1 aliphatic heterocycles. The van der Waals surface area contributed by atoms with Gasteiger partial charge in [-0.05, 0) is 23.6 Å². The number of methoxy groups -OCH3 is 1. The monoisotopic (exact) mass is 294 g/mol. The van der Waals surface area contributed by atoms with E-state index in [0.29, 0.717) is 5.92 Å². The van der Waals surface area contributed by atoms with Crippen LogP contribution in [0.15, 0.2) is 24.3 Å². The molecule has 0 unspecified atom stereocenters. The predicted molar refractivity (Wildman–Crippen MR) is 88.7 cm³/mol. The fourth-order valence-electron chi connectivity index (χ4n) is 2.41. The number of rotatable bonds is 6. The molecular weight excluding hydrogens is 268 g/mol. The average Bonchev–Trinajstić information content (AvgIpc) is 2.48. The van der Waals surface area contributed by atoms with Gasteiger partial charge in [0.25, 0.3) is 0 Å². The van der Waals surface area contributed by atoms with Crippen LogP contribution in [0.5, 0.6) is 0 Å². The first-order chi connectivity index (χ1) is 9.70. The fraction of sp³-hybridized carbons (Fsp3) is 0.625. The number of hydrogen-bond donors (Lipinski definition) is 0.